The molecule has 1 heterocycles. The highest BCUT2D eigenvalue weighted by Crippen LogP contribution is 2.41. The Kier molecular flexibility index (Phi) is 4.44. The van der Waals surface area contributed by atoms with Crippen molar-refractivity contribution in [1.29, 1.82) is 5.26 Å². The predicted molar refractivity (Wildman–Crippen MR) is 93.2 cm³/mol. The number of rotatable bonds is 4. The minimum absolute atomic E-state index is 0.195. The van der Waals surface area contributed by atoms with Gasteiger partial charge in [-0.1, -0.05) is 67.6 Å². The van der Waals surface area contributed by atoms with Crippen LogP contribution in [0.1, 0.15) is 18.9 Å². The van der Waals surface area contributed by atoms with Crippen molar-refractivity contribution in [1.82, 2.24) is 0 Å². The van der Waals surface area contributed by atoms with Crippen molar-refractivity contribution in [2.24, 2.45) is 0 Å². The molecule has 1 aromatic heterocycles. The Morgan fingerprint density at radius 2 is 1.62 bits per heavy atom. The third-order valence-corrected chi connectivity index (χ3v) is 3.69. The topological polar surface area (TPSA) is 66.0 Å². The molecular weight excluding hydrogens is 300 g/mol. The molecule has 3 aromatic rings. The van der Waals surface area contributed by atoms with Gasteiger partial charge in [-0.2, -0.15) is 5.26 Å². The maximum Gasteiger partial charge on any atom is 0.226 e. The van der Waals surface area contributed by atoms with E-state index in [-0.39, 0.29) is 11.8 Å². The van der Waals surface area contributed by atoms with Crippen LogP contribution in [0, 0.1) is 11.3 Å². The molecule has 0 spiro atoms. The van der Waals surface area contributed by atoms with Gasteiger partial charge < -0.3 is 4.42 Å². The summed E-state index contributed by atoms with van der Waals surface area (Å²) in [5.74, 6) is 0.575. The van der Waals surface area contributed by atoms with Crippen LogP contribution >= 0.6 is 0 Å². The van der Waals surface area contributed by atoms with Crippen molar-refractivity contribution in [2.45, 2.75) is 13.3 Å². The Labute approximate surface area is 140 Å². The Balaban J connectivity index is 2.24. The van der Waals surface area contributed by atoms with Crippen molar-refractivity contribution in [2.75, 3.05) is 5.32 Å². The van der Waals surface area contributed by atoms with E-state index in [0.29, 0.717) is 23.3 Å². The number of furan rings is 1. The Morgan fingerprint density at radius 1 is 1.04 bits per heavy atom. The molecule has 4 heteroatoms. The van der Waals surface area contributed by atoms with Gasteiger partial charge in [-0.05, 0) is 5.56 Å². The number of benzene rings is 2. The highest BCUT2D eigenvalue weighted by atomic mass is 16.4. The summed E-state index contributed by atoms with van der Waals surface area (Å²) in [5, 5.41) is 12.3. The quantitative estimate of drug-likeness (QED) is 0.749. The molecule has 3 rings (SSSR count). The lowest BCUT2D eigenvalue weighted by atomic mass is 9.98. The van der Waals surface area contributed by atoms with Gasteiger partial charge in [0.05, 0.1) is 0 Å². The lowest BCUT2D eigenvalue weighted by molar-refractivity contribution is -0.116. The first-order valence-electron chi connectivity index (χ1n) is 7.72. The van der Waals surface area contributed by atoms with Crippen LogP contribution in [0.15, 0.2) is 65.1 Å². The molecular formula is C20H16N2O2. The van der Waals surface area contributed by atoms with E-state index in [2.05, 4.69) is 11.4 Å². The molecule has 0 radical (unpaired) electrons. The first-order valence-corrected chi connectivity index (χ1v) is 7.72. The second kappa shape index (κ2) is 6.84. The normalized spacial score (nSPS) is 10.2. The van der Waals surface area contributed by atoms with Crippen LogP contribution in [0.25, 0.3) is 22.5 Å². The molecule has 0 aliphatic rings. The van der Waals surface area contributed by atoms with Gasteiger partial charge in [-0.3, -0.25) is 10.1 Å². The molecule has 0 bridgehead atoms. The van der Waals surface area contributed by atoms with E-state index >= 15 is 0 Å². The number of anilines is 1. The van der Waals surface area contributed by atoms with Crippen LogP contribution in [-0.2, 0) is 4.79 Å². The van der Waals surface area contributed by atoms with E-state index in [1.807, 2.05) is 60.7 Å². The fraction of sp³-hybridized carbons (Fsp3) is 0.100. The number of hydrogen-bond donors (Lipinski definition) is 1. The van der Waals surface area contributed by atoms with Crippen molar-refractivity contribution < 1.29 is 9.21 Å². The predicted octanol–water partition coefficient (Wildman–Crippen LogP) is 4.83. The SMILES string of the molecule is CCC(=O)Nc1oc(-c2ccccc2)c(-c2ccccc2)c1C#N. The van der Waals surface area contributed by atoms with E-state index in [1.54, 1.807) is 6.92 Å². The minimum Gasteiger partial charge on any atom is -0.438 e. The Hall–Kier alpha value is -3.32. The average Bonchev–Trinajstić information content (AvgIpc) is 3.01. The highest BCUT2D eigenvalue weighted by molar-refractivity contribution is 5.95. The fourth-order valence-electron chi connectivity index (χ4n) is 2.51. The summed E-state index contributed by atoms with van der Waals surface area (Å²) in [6.45, 7) is 1.75. The number of nitriles is 1. The first kappa shape index (κ1) is 15.6. The average molecular weight is 316 g/mol. The third kappa shape index (κ3) is 2.92. The van der Waals surface area contributed by atoms with Crippen LogP contribution in [0.3, 0.4) is 0 Å². The van der Waals surface area contributed by atoms with Gasteiger partial charge in [-0.25, -0.2) is 0 Å². The van der Waals surface area contributed by atoms with E-state index in [9.17, 15) is 10.1 Å². The summed E-state index contributed by atoms with van der Waals surface area (Å²) >= 11 is 0. The zero-order valence-corrected chi connectivity index (χ0v) is 13.2. The molecule has 0 unspecified atom stereocenters. The van der Waals surface area contributed by atoms with Crippen LogP contribution < -0.4 is 5.32 Å². The molecule has 0 fully saturated rings. The summed E-state index contributed by atoms with van der Waals surface area (Å²) in [6, 6.07) is 21.3. The van der Waals surface area contributed by atoms with Crippen molar-refractivity contribution in [3.8, 4) is 28.5 Å². The summed E-state index contributed by atoms with van der Waals surface area (Å²) in [6.07, 6.45) is 0.312. The standard InChI is InChI=1S/C20H16N2O2/c1-2-17(23)22-20-16(13-21)18(14-9-5-3-6-10-14)19(24-20)15-11-7-4-8-12-15/h3-12H,2H2,1H3,(H,22,23). The Bertz CT molecular complexity index is 891. The minimum atomic E-state index is -0.195. The van der Waals surface area contributed by atoms with E-state index in [0.717, 1.165) is 11.1 Å². The number of nitrogens with one attached hydrogen (secondary N) is 1. The van der Waals surface area contributed by atoms with E-state index in [4.69, 9.17) is 4.42 Å². The van der Waals surface area contributed by atoms with Gasteiger partial charge in [0.15, 0.2) is 0 Å². The van der Waals surface area contributed by atoms with Crippen LogP contribution in [0.2, 0.25) is 0 Å². The molecule has 0 aliphatic carbocycles. The zero-order chi connectivity index (χ0) is 16.9. The second-order valence-electron chi connectivity index (χ2n) is 5.26. The summed E-state index contributed by atoms with van der Waals surface area (Å²) in [4.78, 5) is 11.8. The molecule has 1 amide bonds. The van der Waals surface area contributed by atoms with Gasteiger partial charge in [0, 0.05) is 17.5 Å². The Morgan fingerprint density at radius 3 is 2.17 bits per heavy atom. The molecule has 0 saturated carbocycles. The van der Waals surface area contributed by atoms with Gasteiger partial charge in [0.25, 0.3) is 0 Å². The van der Waals surface area contributed by atoms with Crippen LogP contribution in [-0.4, -0.2) is 5.91 Å². The smallest absolute Gasteiger partial charge is 0.226 e. The third-order valence-electron chi connectivity index (χ3n) is 3.69. The molecule has 1 N–H and O–H groups in total. The summed E-state index contributed by atoms with van der Waals surface area (Å²) in [5.41, 5.74) is 2.75. The van der Waals surface area contributed by atoms with Gasteiger partial charge in [-0.15, -0.1) is 0 Å². The maximum absolute atomic E-state index is 11.8. The molecule has 4 nitrogen and oxygen atoms in total. The number of hydrogen-bond acceptors (Lipinski definition) is 3. The summed E-state index contributed by atoms with van der Waals surface area (Å²) in [7, 11) is 0. The van der Waals surface area contributed by atoms with Crippen molar-refractivity contribution >= 4 is 11.8 Å². The van der Waals surface area contributed by atoms with Crippen molar-refractivity contribution in [3.63, 3.8) is 0 Å². The number of carbonyl (C=O) groups excluding carboxylic acids is 1. The fourth-order valence-corrected chi connectivity index (χ4v) is 2.51. The molecule has 0 saturated heterocycles. The monoisotopic (exact) mass is 316 g/mol. The molecule has 2 aromatic carbocycles. The van der Waals surface area contributed by atoms with Gasteiger partial charge >= 0.3 is 0 Å². The van der Waals surface area contributed by atoms with Gasteiger partial charge in [0.2, 0.25) is 11.8 Å². The second-order valence-corrected chi connectivity index (χ2v) is 5.26. The number of amides is 1. The number of nitrogens with zero attached hydrogens (tertiary/aromatic N) is 1. The summed E-state index contributed by atoms with van der Waals surface area (Å²) < 4.78 is 5.90. The largest absolute Gasteiger partial charge is 0.438 e. The van der Waals surface area contributed by atoms with Gasteiger partial charge in [0.1, 0.15) is 17.4 Å². The zero-order valence-electron chi connectivity index (χ0n) is 13.2. The molecule has 118 valence electrons. The highest BCUT2D eigenvalue weighted by Gasteiger charge is 2.23. The number of carbonyl (C=O) groups is 1. The lowest BCUT2D eigenvalue weighted by Gasteiger charge is -2.03. The lowest BCUT2D eigenvalue weighted by Crippen LogP contribution is -2.09. The molecule has 24 heavy (non-hydrogen) atoms. The van der Waals surface area contributed by atoms with Crippen LogP contribution in [0.4, 0.5) is 5.88 Å². The molecule has 0 atom stereocenters. The first-order chi connectivity index (χ1) is 11.7. The van der Waals surface area contributed by atoms with E-state index in [1.165, 1.54) is 0 Å². The van der Waals surface area contributed by atoms with Crippen LogP contribution in [0.5, 0.6) is 0 Å². The maximum atomic E-state index is 11.8. The molecule has 0 aliphatic heterocycles. The van der Waals surface area contributed by atoms with Crippen molar-refractivity contribution in [3.05, 3.63) is 66.2 Å². The van der Waals surface area contributed by atoms with E-state index < -0.39 is 0 Å².